The fraction of sp³-hybridized carbons (Fsp3) is 0.811. The molecule has 2 aromatic rings. The summed E-state index contributed by atoms with van der Waals surface area (Å²) in [5.41, 5.74) is -1.99. The number of nitrogens with one attached hydrogen (secondary N) is 1. The fourth-order valence-electron chi connectivity index (χ4n) is 12.0. The van der Waals surface area contributed by atoms with E-state index in [9.17, 15) is 34.7 Å². The molecule has 1 aromatic heterocycles. The summed E-state index contributed by atoms with van der Waals surface area (Å²) in [5.74, 6) is -3.26. The highest BCUT2D eigenvalue weighted by Gasteiger charge is 2.55. The second-order valence-corrected chi connectivity index (χ2v) is 22.3. The zero-order chi connectivity index (χ0) is 53.8. The molecule has 3 saturated heterocycles. The van der Waals surface area contributed by atoms with Gasteiger partial charge in [0.15, 0.2) is 6.29 Å². The average Bonchev–Trinajstić information content (AvgIpc) is 3.80. The Labute approximate surface area is 427 Å². The van der Waals surface area contributed by atoms with Crippen LogP contribution < -0.4 is 0 Å². The lowest BCUT2D eigenvalue weighted by atomic mass is 9.68. The fourth-order valence-corrected chi connectivity index (χ4v) is 12.0. The third-order valence-corrected chi connectivity index (χ3v) is 16.5. The van der Waals surface area contributed by atoms with Crippen LogP contribution >= 0.6 is 0 Å². The maximum absolute atomic E-state index is 14.8. The zero-order valence-corrected chi connectivity index (χ0v) is 45.6. The number of likely N-dealkylation sites (N-methyl/N-ethyl adjacent to an activating group) is 2. The average molecular weight is 1020 g/mol. The molecule has 0 amide bonds. The lowest BCUT2D eigenvalue weighted by Crippen LogP contribution is -2.62. The van der Waals surface area contributed by atoms with Crippen LogP contribution in [-0.4, -0.2) is 194 Å². The molecule has 0 spiro atoms. The molecule has 18 nitrogen and oxygen atoms in total. The Morgan fingerprint density at radius 1 is 1.01 bits per heavy atom. The molecule has 3 aliphatic rings. The number of aromatic nitrogens is 3. The van der Waals surface area contributed by atoms with Crippen LogP contribution in [0.15, 0.2) is 30.5 Å². The predicted molar refractivity (Wildman–Crippen MR) is 269 cm³/mol. The summed E-state index contributed by atoms with van der Waals surface area (Å²) in [6.45, 7) is 19.6. The molecule has 0 saturated carbocycles. The van der Waals surface area contributed by atoms with Gasteiger partial charge in [0.25, 0.3) is 0 Å². The number of alkyl halides is 1. The van der Waals surface area contributed by atoms with Gasteiger partial charge in [0, 0.05) is 70.1 Å². The van der Waals surface area contributed by atoms with Crippen molar-refractivity contribution in [3.05, 3.63) is 47.3 Å². The summed E-state index contributed by atoms with van der Waals surface area (Å²) in [4.78, 5) is 18.6. The van der Waals surface area contributed by atoms with Gasteiger partial charge in [0.05, 0.1) is 47.2 Å². The Balaban J connectivity index is 1.46. The monoisotopic (exact) mass is 1020 g/mol. The predicted octanol–water partition coefficient (Wildman–Crippen LogP) is 4.66. The van der Waals surface area contributed by atoms with Crippen molar-refractivity contribution in [2.45, 2.75) is 204 Å². The molecular weight excluding hydrogens is 932 g/mol. The number of cyclic esters (lactones) is 1. The van der Waals surface area contributed by atoms with E-state index < -0.39 is 127 Å². The van der Waals surface area contributed by atoms with Gasteiger partial charge in [0.1, 0.15) is 48.8 Å². The second kappa shape index (κ2) is 24.7. The summed E-state index contributed by atoms with van der Waals surface area (Å²) >= 11 is 0. The molecule has 72 heavy (non-hydrogen) atoms. The van der Waals surface area contributed by atoms with Crippen molar-refractivity contribution in [2.24, 2.45) is 23.7 Å². The Morgan fingerprint density at radius 3 is 2.25 bits per heavy atom. The molecule has 0 bridgehead atoms. The summed E-state index contributed by atoms with van der Waals surface area (Å²) in [5, 5.41) is 76.8. The topological polar surface area (TPSA) is 235 Å². The molecule has 0 aliphatic carbocycles. The minimum absolute atomic E-state index is 0.171. The van der Waals surface area contributed by atoms with E-state index in [4.69, 9.17) is 33.8 Å². The Hall–Kier alpha value is -3.05. The van der Waals surface area contributed by atoms with Gasteiger partial charge in [-0.15, -0.1) is 5.10 Å². The quantitative estimate of drug-likeness (QED) is 0.105. The Kier molecular flexibility index (Phi) is 20.6. The first kappa shape index (κ1) is 59.8. The van der Waals surface area contributed by atoms with Gasteiger partial charge in [-0.1, -0.05) is 57.2 Å². The van der Waals surface area contributed by atoms with Gasteiger partial charge >= 0.3 is 5.97 Å². The smallest absolute Gasteiger partial charge is 0.309 e. The molecule has 410 valence electrons. The molecule has 19 heteroatoms. The maximum Gasteiger partial charge on any atom is 0.309 e. The number of methoxy groups -OCH3 is 2. The minimum Gasteiger partial charge on any atom is -0.459 e. The zero-order valence-electron chi connectivity index (χ0n) is 45.6. The molecule has 5 rings (SSSR count). The number of ether oxygens (including phenoxy) is 6. The normalized spacial score (nSPS) is 40.0. The highest BCUT2D eigenvalue weighted by molar-refractivity contribution is 5.96. The van der Waals surface area contributed by atoms with Gasteiger partial charge in [0.2, 0.25) is 0 Å². The number of hydrogen-bond acceptors (Lipinski definition) is 17. The third kappa shape index (κ3) is 13.3. The van der Waals surface area contributed by atoms with Crippen LogP contribution in [-0.2, 0) is 39.6 Å². The van der Waals surface area contributed by atoms with E-state index >= 15 is 0 Å². The van der Waals surface area contributed by atoms with Crippen molar-refractivity contribution in [3.63, 3.8) is 0 Å². The van der Waals surface area contributed by atoms with E-state index in [-0.39, 0.29) is 25.2 Å². The van der Waals surface area contributed by atoms with Crippen molar-refractivity contribution >= 4 is 11.7 Å². The number of benzene rings is 1. The van der Waals surface area contributed by atoms with Crippen LogP contribution in [0.3, 0.4) is 0 Å². The molecule has 3 fully saturated rings. The van der Waals surface area contributed by atoms with Crippen molar-refractivity contribution in [1.82, 2.24) is 24.8 Å². The largest absolute Gasteiger partial charge is 0.459 e. The lowest BCUT2D eigenvalue weighted by molar-refractivity contribution is -0.302. The molecule has 1 unspecified atom stereocenters. The molecule has 0 radical (unpaired) electrons. The third-order valence-electron chi connectivity index (χ3n) is 16.5. The number of rotatable bonds is 15. The van der Waals surface area contributed by atoms with Crippen LogP contribution in [0.1, 0.15) is 131 Å². The van der Waals surface area contributed by atoms with Crippen LogP contribution in [0.2, 0.25) is 0 Å². The number of aliphatic hydroxyl groups excluding tert-OH is 3. The van der Waals surface area contributed by atoms with Gasteiger partial charge < -0.3 is 69.2 Å². The number of esters is 1. The summed E-state index contributed by atoms with van der Waals surface area (Å²) in [7, 11) is 6.77. The van der Waals surface area contributed by atoms with E-state index in [2.05, 4.69) is 10.3 Å². The SMILES string of the molecule is CC[C@H]1OC(=O)[C@H](C)[C@@H](C2C[C@@](C)(OC)[C@@H](O)[C@H](C)O2)[C@H](C)[C@@H](O[C@@H]2O[C@H](C)C[C@H](N(C)CCc3cn([C@H](CF)[C@H](OC)c4ccc(C(C)=N)cc4)nn3)[C@H]2O)[C@](C)(O)C[C@@H](C)CN(C)[C@H](C)[C@@H](O)[C@]1(C)O. The van der Waals surface area contributed by atoms with E-state index in [1.807, 2.05) is 68.9 Å². The Bertz CT molecular complexity index is 2050. The van der Waals surface area contributed by atoms with Gasteiger partial charge in [-0.05, 0) is 105 Å². The number of hydrogen-bond donors (Lipinski definition) is 6. The van der Waals surface area contributed by atoms with E-state index in [0.717, 1.165) is 11.1 Å². The first-order chi connectivity index (χ1) is 33.6. The van der Waals surface area contributed by atoms with E-state index in [1.165, 1.54) is 25.8 Å². The number of nitrogens with zero attached hydrogens (tertiary/aromatic N) is 5. The number of carbonyl (C=O) groups excluding carboxylic acids is 1. The van der Waals surface area contributed by atoms with Crippen molar-refractivity contribution in [2.75, 3.05) is 48.1 Å². The van der Waals surface area contributed by atoms with Gasteiger partial charge in [-0.3, -0.25) is 4.79 Å². The highest BCUT2D eigenvalue weighted by Crippen LogP contribution is 2.45. The maximum atomic E-state index is 14.8. The Morgan fingerprint density at radius 2 is 1.67 bits per heavy atom. The second-order valence-electron chi connectivity index (χ2n) is 22.3. The first-order valence-electron chi connectivity index (χ1n) is 25.9. The minimum atomic E-state index is -1.83. The van der Waals surface area contributed by atoms with E-state index in [1.54, 1.807) is 54.7 Å². The molecular formula is C53H89FN6O12. The molecule has 1 aromatic carbocycles. The summed E-state index contributed by atoms with van der Waals surface area (Å²) < 4.78 is 54.2. The summed E-state index contributed by atoms with van der Waals surface area (Å²) in [6.07, 6.45) is -6.28. The van der Waals surface area contributed by atoms with Crippen LogP contribution in [0.4, 0.5) is 4.39 Å². The number of aliphatic hydroxyl groups is 5. The molecule has 3 aliphatic heterocycles. The van der Waals surface area contributed by atoms with Crippen molar-refractivity contribution in [3.8, 4) is 0 Å². The molecule has 4 heterocycles. The number of carbonyl (C=O) groups is 1. The highest BCUT2D eigenvalue weighted by atomic mass is 19.1. The van der Waals surface area contributed by atoms with Gasteiger partial charge in [-0.2, -0.15) is 0 Å². The molecule has 6 N–H and O–H groups in total. The first-order valence-corrected chi connectivity index (χ1v) is 25.9. The van der Waals surface area contributed by atoms with Crippen molar-refractivity contribution < 1.29 is 63.1 Å². The lowest BCUT2D eigenvalue weighted by Gasteiger charge is -2.51. The standard InChI is InChI=1S/C53H89FN6O12/c1-16-42-53(11,66)46(62)34(7)59(13)27-29(2)24-51(9,65)48(31(4)43(32(5)49(64)71-42)41-25-52(10,68-15)47(63)35(8)70-41)72-50-44(61)39(23-30(3)69-50)58(12)22-21-38-28-60(57-56-38)40(26-54)45(67-14)37-19-17-36(18-20-37)33(6)55/h17-20,28-32,34-35,39-48,50,55,61-63,65-66H,16,21-27H2,1-15H3/t29-,30-,31+,32-,34-,35+,39+,40-,41?,42-,43+,44-,45-,46-,47+,48-,50+,51-,52-,53-/m1/s1. The van der Waals surface area contributed by atoms with Crippen molar-refractivity contribution in [1.29, 1.82) is 5.41 Å². The van der Waals surface area contributed by atoms with Crippen LogP contribution in [0, 0.1) is 29.1 Å². The van der Waals surface area contributed by atoms with E-state index in [0.29, 0.717) is 37.3 Å². The van der Waals surface area contributed by atoms with Crippen LogP contribution in [0.25, 0.3) is 0 Å². The van der Waals surface area contributed by atoms with Gasteiger partial charge in [-0.25, -0.2) is 9.07 Å². The summed E-state index contributed by atoms with van der Waals surface area (Å²) in [6, 6.07) is 5.42. The van der Waals surface area contributed by atoms with Crippen LogP contribution in [0.5, 0.6) is 0 Å². The molecule has 20 atom stereocenters. The number of halogens is 1.